The Morgan fingerprint density at radius 2 is 2.08 bits per heavy atom. The van der Waals surface area contributed by atoms with Crippen LogP contribution in [-0.2, 0) is 6.54 Å². The van der Waals surface area contributed by atoms with Crippen molar-refractivity contribution in [2.24, 2.45) is 0 Å². The van der Waals surface area contributed by atoms with Crippen molar-refractivity contribution in [1.82, 2.24) is 19.7 Å². The van der Waals surface area contributed by atoms with E-state index in [4.69, 9.17) is 4.74 Å². The topological polar surface area (TPSA) is 68.5 Å². The van der Waals surface area contributed by atoms with Gasteiger partial charge >= 0.3 is 0 Å². The molecule has 0 aliphatic heterocycles. The Kier molecular flexibility index (Phi) is 4.37. The molecule has 1 N–H and O–H groups in total. The van der Waals surface area contributed by atoms with Gasteiger partial charge in [-0.2, -0.15) is 0 Å². The first kappa shape index (κ1) is 16.3. The van der Waals surface area contributed by atoms with Crippen molar-refractivity contribution in [3.05, 3.63) is 71.6 Å². The van der Waals surface area contributed by atoms with Crippen LogP contribution in [0, 0.1) is 0 Å². The van der Waals surface area contributed by atoms with E-state index in [1.807, 2.05) is 54.0 Å². The zero-order valence-electron chi connectivity index (χ0n) is 14.0. The van der Waals surface area contributed by atoms with E-state index < -0.39 is 0 Å². The Morgan fingerprint density at radius 1 is 1.23 bits per heavy atom. The summed E-state index contributed by atoms with van der Waals surface area (Å²) in [4.78, 5) is 22.1. The Morgan fingerprint density at radius 3 is 2.88 bits per heavy atom. The SMILES string of the molecule is COc1ccccc1-c1cn2c(C(=O)NCc3ccccn3)csc2n1. The van der Waals surface area contributed by atoms with Crippen molar-refractivity contribution in [2.45, 2.75) is 6.54 Å². The van der Waals surface area contributed by atoms with Gasteiger partial charge in [0.1, 0.15) is 11.4 Å². The van der Waals surface area contributed by atoms with Gasteiger partial charge in [-0.1, -0.05) is 18.2 Å². The normalized spacial score (nSPS) is 10.8. The highest BCUT2D eigenvalue weighted by molar-refractivity contribution is 7.15. The number of hydrogen-bond donors (Lipinski definition) is 1. The number of para-hydroxylation sites is 1. The molecule has 6 nitrogen and oxygen atoms in total. The average Bonchev–Trinajstić information content (AvgIpc) is 3.27. The lowest BCUT2D eigenvalue weighted by Gasteiger charge is -2.05. The molecule has 0 saturated heterocycles. The van der Waals surface area contributed by atoms with Gasteiger partial charge < -0.3 is 10.1 Å². The number of amides is 1. The molecule has 0 fully saturated rings. The van der Waals surface area contributed by atoms with Crippen LogP contribution in [0.1, 0.15) is 16.2 Å². The van der Waals surface area contributed by atoms with Crippen molar-refractivity contribution in [2.75, 3.05) is 7.11 Å². The number of ether oxygens (including phenoxy) is 1. The summed E-state index contributed by atoms with van der Waals surface area (Å²) < 4.78 is 7.21. The molecule has 0 bridgehead atoms. The first-order valence-electron chi connectivity index (χ1n) is 8.04. The van der Waals surface area contributed by atoms with Gasteiger partial charge in [-0.25, -0.2) is 4.98 Å². The summed E-state index contributed by atoms with van der Waals surface area (Å²) in [5, 5.41) is 4.70. The summed E-state index contributed by atoms with van der Waals surface area (Å²) >= 11 is 1.43. The lowest BCUT2D eigenvalue weighted by Crippen LogP contribution is -2.24. The fourth-order valence-corrected chi connectivity index (χ4v) is 3.55. The van der Waals surface area contributed by atoms with Crippen molar-refractivity contribution in [3.8, 4) is 17.0 Å². The van der Waals surface area contributed by atoms with Crippen molar-refractivity contribution >= 4 is 22.2 Å². The lowest BCUT2D eigenvalue weighted by atomic mass is 10.1. The zero-order chi connectivity index (χ0) is 17.9. The van der Waals surface area contributed by atoms with Crippen molar-refractivity contribution in [1.29, 1.82) is 0 Å². The average molecular weight is 364 g/mol. The summed E-state index contributed by atoms with van der Waals surface area (Å²) in [6, 6.07) is 13.3. The highest BCUT2D eigenvalue weighted by Crippen LogP contribution is 2.30. The minimum atomic E-state index is -0.161. The molecule has 0 atom stereocenters. The van der Waals surface area contributed by atoms with Crippen molar-refractivity contribution in [3.63, 3.8) is 0 Å². The molecule has 0 aliphatic rings. The van der Waals surface area contributed by atoms with Gasteiger partial charge in [-0.15, -0.1) is 11.3 Å². The van der Waals surface area contributed by atoms with E-state index >= 15 is 0 Å². The maximum Gasteiger partial charge on any atom is 0.269 e. The minimum absolute atomic E-state index is 0.161. The van der Waals surface area contributed by atoms with Gasteiger partial charge in [-0.05, 0) is 24.3 Å². The van der Waals surface area contributed by atoms with Gasteiger partial charge in [0.25, 0.3) is 5.91 Å². The molecule has 0 radical (unpaired) electrons. The quantitative estimate of drug-likeness (QED) is 0.589. The number of benzene rings is 1. The number of rotatable bonds is 5. The number of fused-ring (bicyclic) bond motifs is 1. The molecular formula is C19H16N4O2S. The summed E-state index contributed by atoms with van der Waals surface area (Å²) in [7, 11) is 1.63. The van der Waals surface area contributed by atoms with E-state index in [0.29, 0.717) is 12.2 Å². The van der Waals surface area contributed by atoms with Gasteiger partial charge in [0.05, 0.1) is 25.0 Å². The van der Waals surface area contributed by atoms with Crippen LogP contribution in [0.25, 0.3) is 16.2 Å². The highest BCUT2D eigenvalue weighted by Gasteiger charge is 2.16. The van der Waals surface area contributed by atoms with E-state index in [1.165, 1.54) is 11.3 Å². The number of aromatic nitrogens is 3. The van der Waals surface area contributed by atoms with E-state index in [1.54, 1.807) is 17.7 Å². The van der Waals surface area contributed by atoms with Crippen LogP contribution >= 0.6 is 11.3 Å². The van der Waals surface area contributed by atoms with Crippen LogP contribution in [0.15, 0.2) is 60.2 Å². The minimum Gasteiger partial charge on any atom is -0.496 e. The number of methoxy groups -OCH3 is 1. The molecule has 0 spiro atoms. The van der Waals surface area contributed by atoms with E-state index in [-0.39, 0.29) is 5.91 Å². The molecule has 130 valence electrons. The first-order valence-corrected chi connectivity index (χ1v) is 8.92. The standard InChI is InChI=1S/C19H16N4O2S/c1-25-17-8-3-2-7-14(17)15-11-23-16(12-26-19(23)22-15)18(24)21-10-13-6-4-5-9-20-13/h2-9,11-12H,10H2,1H3,(H,21,24). The predicted molar refractivity (Wildman–Crippen MR) is 100 cm³/mol. The third-order valence-electron chi connectivity index (χ3n) is 3.98. The molecule has 0 unspecified atom stereocenters. The maximum atomic E-state index is 12.6. The van der Waals surface area contributed by atoms with Gasteiger partial charge in [-0.3, -0.25) is 14.2 Å². The number of pyridine rings is 1. The monoisotopic (exact) mass is 364 g/mol. The summed E-state index contributed by atoms with van der Waals surface area (Å²) in [6.45, 7) is 0.380. The molecule has 1 amide bonds. The van der Waals surface area contributed by atoms with Gasteiger partial charge in [0.15, 0.2) is 4.96 Å². The zero-order valence-corrected chi connectivity index (χ0v) is 14.9. The van der Waals surface area contributed by atoms with Crippen LogP contribution in [0.3, 0.4) is 0 Å². The van der Waals surface area contributed by atoms with Crippen LogP contribution in [0.2, 0.25) is 0 Å². The Labute approximate surface area is 154 Å². The lowest BCUT2D eigenvalue weighted by molar-refractivity contribution is 0.0945. The highest BCUT2D eigenvalue weighted by atomic mass is 32.1. The largest absolute Gasteiger partial charge is 0.496 e. The van der Waals surface area contributed by atoms with Crippen LogP contribution in [0.5, 0.6) is 5.75 Å². The maximum absolute atomic E-state index is 12.6. The Bertz CT molecular complexity index is 1060. The molecule has 26 heavy (non-hydrogen) atoms. The number of imidazole rings is 1. The number of hydrogen-bond acceptors (Lipinski definition) is 5. The Balaban J connectivity index is 1.61. The predicted octanol–water partition coefficient (Wildman–Crippen LogP) is 3.40. The van der Waals surface area contributed by atoms with E-state index in [9.17, 15) is 4.79 Å². The van der Waals surface area contributed by atoms with Crippen LogP contribution in [0.4, 0.5) is 0 Å². The molecule has 7 heteroatoms. The molecule has 0 aliphatic carbocycles. The van der Waals surface area contributed by atoms with E-state index in [2.05, 4.69) is 15.3 Å². The molecular weight excluding hydrogens is 348 g/mol. The number of nitrogens with zero attached hydrogens (tertiary/aromatic N) is 3. The number of carbonyl (C=O) groups excluding carboxylic acids is 1. The van der Waals surface area contributed by atoms with Crippen LogP contribution in [-0.4, -0.2) is 27.4 Å². The Hall–Kier alpha value is -3.19. The van der Waals surface area contributed by atoms with Gasteiger partial charge in [0, 0.05) is 23.3 Å². The van der Waals surface area contributed by atoms with Crippen molar-refractivity contribution < 1.29 is 9.53 Å². The molecule has 3 heterocycles. The molecule has 4 rings (SSSR count). The molecule has 1 aromatic carbocycles. The summed E-state index contributed by atoms with van der Waals surface area (Å²) in [6.07, 6.45) is 3.57. The molecule has 0 saturated carbocycles. The first-order chi connectivity index (χ1) is 12.8. The second kappa shape index (κ2) is 6.97. The summed E-state index contributed by atoms with van der Waals surface area (Å²) in [5.74, 6) is 0.588. The number of carbonyl (C=O) groups is 1. The number of thiazole rings is 1. The van der Waals surface area contributed by atoms with Gasteiger partial charge in [0.2, 0.25) is 0 Å². The molecule has 4 aromatic rings. The fourth-order valence-electron chi connectivity index (χ4n) is 2.70. The summed E-state index contributed by atoms with van der Waals surface area (Å²) in [5.41, 5.74) is 3.03. The fraction of sp³-hybridized carbons (Fsp3) is 0.105. The third-order valence-corrected chi connectivity index (χ3v) is 4.82. The van der Waals surface area contributed by atoms with E-state index in [0.717, 1.165) is 27.7 Å². The second-order valence-electron chi connectivity index (χ2n) is 5.60. The van der Waals surface area contributed by atoms with Crippen LogP contribution < -0.4 is 10.1 Å². The smallest absolute Gasteiger partial charge is 0.269 e. The third kappa shape index (κ3) is 3.04. The molecule has 3 aromatic heterocycles. The second-order valence-corrected chi connectivity index (χ2v) is 6.44. The number of nitrogens with one attached hydrogen (secondary N) is 1.